The maximum Gasteiger partial charge on any atom is 0.131 e. The molecule has 0 spiro atoms. The number of nitrogens with zero attached hydrogens (tertiary/aromatic N) is 1. The van der Waals surface area contributed by atoms with Crippen LogP contribution in [0.25, 0.3) is 0 Å². The first kappa shape index (κ1) is 15.3. The molecule has 1 fully saturated rings. The van der Waals surface area contributed by atoms with Crippen molar-refractivity contribution in [3.63, 3.8) is 0 Å². The van der Waals surface area contributed by atoms with Crippen LogP contribution >= 0.6 is 0 Å². The van der Waals surface area contributed by atoms with E-state index in [1.165, 1.54) is 18.9 Å². The summed E-state index contributed by atoms with van der Waals surface area (Å²) in [4.78, 5) is 2.27. The number of hydrogen-bond acceptors (Lipinski definition) is 3. The van der Waals surface area contributed by atoms with Crippen LogP contribution in [0.15, 0.2) is 18.2 Å². The third kappa shape index (κ3) is 3.30. The Bertz CT molecular complexity index is 444. The summed E-state index contributed by atoms with van der Waals surface area (Å²) < 4.78 is 13.9. The van der Waals surface area contributed by atoms with E-state index in [1.807, 2.05) is 14.0 Å². The topological polar surface area (TPSA) is 35.5 Å². The summed E-state index contributed by atoms with van der Waals surface area (Å²) in [6.45, 7) is 2.03. The van der Waals surface area contributed by atoms with E-state index in [1.54, 1.807) is 12.1 Å². The Labute approximate surface area is 120 Å². The fourth-order valence-corrected chi connectivity index (χ4v) is 3.16. The van der Waals surface area contributed by atoms with Crippen LogP contribution in [0.2, 0.25) is 0 Å². The molecule has 1 unspecified atom stereocenters. The first-order valence-electron chi connectivity index (χ1n) is 7.40. The van der Waals surface area contributed by atoms with Gasteiger partial charge in [0.15, 0.2) is 0 Å². The highest BCUT2D eigenvalue weighted by Crippen LogP contribution is 2.30. The minimum absolute atomic E-state index is 0.0179. The number of benzene rings is 1. The minimum Gasteiger partial charge on any atom is -0.508 e. The van der Waals surface area contributed by atoms with Gasteiger partial charge in [-0.15, -0.1) is 0 Å². The van der Waals surface area contributed by atoms with E-state index in [-0.39, 0.29) is 17.6 Å². The van der Waals surface area contributed by atoms with Gasteiger partial charge in [0.05, 0.1) is 0 Å². The summed E-state index contributed by atoms with van der Waals surface area (Å²) in [7, 11) is 4.09. The van der Waals surface area contributed by atoms with Crippen LogP contribution in [0.1, 0.15) is 44.2 Å². The van der Waals surface area contributed by atoms with Gasteiger partial charge in [0.2, 0.25) is 0 Å². The van der Waals surface area contributed by atoms with E-state index in [4.69, 9.17) is 0 Å². The highest BCUT2D eigenvalue weighted by molar-refractivity contribution is 5.29. The summed E-state index contributed by atoms with van der Waals surface area (Å²) in [5.74, 6) is -0.344. The van der Waals surface area contributed by atoms with Crippen molar-refractivity contribution in [2.24, 2.45) is 0 Å². The van der Waals surface area contributed by atoms with Gasteiger partial charge in [-0.25, -0.2) is 4.39 Å². The van der Waals surface area contributed by atoms with Gasteiger partial charge in [-0.2, -0.15) is 0 Å². The fourth-order valence-electron chi connectivity index (χ4n) is 3.16. The Morgan fingerprint density at radius 2 is 1.95 bits per heavy atom. The molecule has 1 aromatic rings. The van der Waals surface area contributed by atoms with Gasteiger partial charge in [0.1, 0.15) is 11.6 Å². The average Bonchev–Trinajstić information content (AvgIpc) is 2.46. The van der Waals surface area contributed by atoms with Crippen molar-refractivity contribution >= 4 is 0 Å². The van der Waals surface area contributed by atoms with Crippen LogP contribution in [0, 0.1) is 5.82 Å². The van der Waals surface area contributed by atoms with E-state index in [9.17, 15) is 9.50 Å². The molecule has 0 aliphatic heterocycles. The molecular weight excluding hydrogens is 255 g/mol. The molecule has 0 bridgehead atoms. The number of phenols is 1. The van der Waals surface area contributed by atoms with Gasteiger partial charge < -0.3 is 10.4 Å². The third-order valence-electron chi connectivity index (χ3n) is 4.73. The van der Waals surface area contributed by atoms with Crippen molar-refractivity contribution in [1.29, 1.82) is 0 Å². The number of nitrogens with one attached hydrogen (secondary N) is 1. The first-order valence-corrected chi connectivity index (χ1v) is 7.40. The Kier molecular flexibility index (Phi) is 5.00. The van der Waals surface area contributed by atoms with Crippen LogP contribution in [-0.4, -0.2) is 36.2 Å². The van der Waals surface area contributed by atoms with Gasteiger partial charge in [-0.1, -0.05) is 6.07 Å². The highest BCUT2D eigenvalue weighted by atomic mass is 19.1. The molecule has 1 atom stereocenters. The van der Waals surface area contributed by atoms with Gasteiger partial charge >= 0.3 is 0 Å². The lowest BCUT2D eigenvalue weighted by Gasteiger charge is -2.38. The number of aromatic hydroxyl groups is 1. The Morgan fingerprint density at radius 3 is 2.50 bits per heavy atom. The van der Waals surface area contributed by atoms with Gasteiger partial charge in [0.25, 0.3) is 0 Å². The van der Waals surface area contributed by atoms with E-state index in [0.29, 0.717) is 17.6 Å². The molecule has 1 saturated carbocycles. The van der Waals surface area contributed by atoms with Gasteiger partial charge in [0, 0.05) is 29.8 Å². The second kappa shape index (κ2) is 6.55. The third-order valence-corrected chi connectivity index (χ3v) is 4.73. The highest BCUT2D eigenvalue weighted by Gasteiger charge is 2.27. The number of halogens is 1. The maximum absolute atomic E-state index is 13.9. The largest absolute Gasteiger partial charge is 0.508 e. The van der Waals surface area contributed by atoms with Crippen LogP contribution < -0.4 is 5.32 Å². The van der Waals surface area contributed by atoms with E-state index in [2.05, 4.69) is 17.3 Å². The molecule has 4 heteroatoms. The Hall–Kier alpha value is -1.13. The van der Waals surface area contributed by atoms with E-state index in [0.717, 1.165) is 12.8 Å². The van der Waals surface area contributed by atoms with Crippen molar-refractivity contribution in [3.05, 3.63) is 29.6 Å². The Balaban J connectivity index is 2.03. The maximum atomic E-state index is 13.9. The molecule has 2 N–H and O–H groups in total. The lowest BCUT2D eigenvalue weighted by molar-refractivity contribution is 0.134. The molecule has 1 aliphatic carbocycles. The van der Waals surface area contributed by atoms with Crippen LogP contribution in [-0.2, 0) is 0 Å². The SMILES string of the molecule is CNC1CCC(N(C)C(C)c2ccc(O)cc2F)CC1. The zero-order valence-electron chi connectivity index (χ0n) is 12.6. The van der Waals surface area contributed by atoms with E-state index < -0.39 is 0 Å². The van der Waals surface area contributed by atoms with Crippen molar-refractivity contribution in [1.82, 2.24) is 10.2 Å². The second-order valence-electron chi connectivity index (χ2n) is 5.84. The lowest BCUT2D eigenvalue weighted by atomic mass is 9.89. The standard InChI is InChI=1S/C16H25FN2O/c1-11(15-9-8-14(20)10-16(15)17)19(3)13-6-4-12(18-2)5-7-13/h8-13,18,20H,4-7H2,1-3H3. The predicted molar refractivity (Wildman–Crippen MR) is 79.3 cm³/mol. The number of phenolic OH excluding ortho intramolecular Hbond substituents is 1. The number of hydrogen-bond donors (Lipinski definition) is 2. The average molecular weight is 280 g/mol. The summed E-state index contributed by atoms with van der Waals surface area (Å²) >= 11 is 0. The monoisotopic (exact) mass is 280 g/mol. The smallest absolute Gasteiger partial charge is 0.131 e. The lowest BCUT2D eigenvalue weighted by Crippen LogP contribution is -2.40. The normalized spacial score (nSPS) is 24.9. The van der Waals surface area contributed by atoms with Crippen molar-refractivity contribution in [2.45, 2.75) is 50.7 Å². The molecule has 2 rings (SSSR count). The Morgan fingerprint density at radius 1 is 1.30 bits per heavy atom. The molecule has 0 heterocycles. The first-order chi connectivity index (χ1) is 9.52. The van der Waals surface area contributed by atoms with Crippen molar-refractivity contribution in [2.75, 3.05) is 14.1 Å². The fraction of sp³-hybridized carbons (Fsp3) is 0.625. The molecule has 3 nitrogen and oxygen atoms in total. The zero-order valence-corrected chi connectivity index (χ0v) is 12.6. The van der Waals surface area contributed by atoms with Gasteiger partial charge in [-0.05, 0) is 52.8 Å². The molecule has 1 aromatic carbocycles. The summed E-state index contributed by atoms with van der Waals surface area (Å²) in [5, 5.41) is 12.6. The van der Waals surface area contributed by atoms with Crippen LogP contribution in [0.5, 0.6) is 5.75 Å². The number of rotatable bonds is 4. The molecule has 0 amide bonds. The van der Waals surface area contributed by atoms with Gasteiger partial charge in [-0.3, -0.25) is 4.90 Å². The molecular formula is C16H25FN2O. The second-order valence-corrected chi connectivity index (χ2v) is 5.84. The molecule has 0 saturated heterocycles. The molecule has 0 radical (unpaired) electrons. The quantitative estimate of drug-likeness (QED) is 0.890. The molecule has 0 aromatic heterocycles. The van der Waals surface area contributed by atoms with Crippen molar-refractivity contribution < 1.29 is 9.50 Å². The zero-order chi connectivity index (χ0) is 14.7. The molecule has 1 aliphatic rings. The summed E-state index contributed by atoms with van der Waals surface area (Å²) in [6, 6.07) is 5.58. The summed E-state index contributed by atoms with van der Waals surface area (Å²) in [5.41, 5.74) is 0.654. The van der Waals surface area contributed by atoms with Crippen LogP contribution in [0.4, 0.5) is 4.39 Å². The summed E-state index contributed by atoms with van der Waals surface area (Å²) in [6.07, 6.45) is 4.64. The molecule has 112 valence electrons. The molecule has 20 heavy (non-hydrogen) atoms. The van der Waals surface area contributed by atoms with Crippen molar-refractivity contribution in [3.8, 4) is 5.75 Å². The van der Waals surface area contributed by atoms with Crippen LogP contribution in [0.3, 0.4) is 0 Å². The van der Waals surface area contributed by atoms with E-state index >= 15 is 0 Å². The predicted octanol–water partition coefficient (Wildman–Crippen LogP) is 3.05. The minimum atomic E-state index is -0.326.